The summed E-state index contributed by atoms with van der Waals surface area (Å²) in [5.41, 5.74) is 0.264. The van der Waals surface area contributed by atoms with Crippen molar-refractivity contribution in [2.75, 3.05) is 20.1 Å². The fraction of sp³-hybridized carbons (Fsp3) is 1.00. The van der Waals surface area contributed by atoms with E-state index < -0.39 is 0 Å². The maximum atomic E-state index is 3.51. The van der Waals surface area contributed by atoms with Crippen molar-refractivity contribution in [1.82, 2.24) is 10.2 Å². The molecule has 0 aromatic heterocycles. The van der Waals surface area contributed by atoms with E-state index in [2.05, 4.69) is 38.0 Å². The summed E-state index contributed by atoms with van der Waals surface area (Å²) in [6, 6.07) is 0.877. The smallest absolute Gasteiger partial charge is 0.0107 e. The number of nitrogens with zero attached hydrogens (tertiary/aromatic N) is 1. The van der Waals surface area contributed by atoms with Crippen LogP contribution in [-0.2, 0) is 0 Å². The van der Waals surface area contributed by atoms with Gasteiger partial charge >= 0.3 is 0 Å². The first kappa shape index (κ1) is 11.0. The van der Waals surface area contributed by atoms with Crippen LogP contribution in [0.3, 0.4) is 0 Å². The van der Waals surface area contributed by atoms with Crippen molar-refractivity contribution in [3.63, 3.8) is 0 Å². The molecule has 1 rings (SSSR count). The lowest BCUT2D eigenvalue weighted by atomic mass is 9.92. The van der Waals surface area contributed by atoms with E-state index in [-0.39, 0.29) is 5.54 Å². The Labute approximate surface area is 82.7 Å². The molecule has 2 nitrogen and oxygen atoms in total. The zero-order valence-corrected chi connectivity index (χ0v) is 9.56. The third kappa shape index (κ3) is 4.10. The summed E-state index contributed by atoms with van der Waals surface area (Å²) in [6.45, 7) is 8.95. The zero-order valence-electron chi connectivity index (χ0n) is 9.56. The monoisotopic (exact) mass is 184 g/mol. The fourth-order valence-electron chi connectivity index (χ4n) is 1.62. The molecule has 0 saturated heterocycles. The van der Waals surface area contributed by atoms with Crippen LogP contribution in [0.2, 0.25) is 0 Å². The Balaban J connectivity index is 2.04. The Morgan fingerprint density at radius 3 is 2.31 bits per heavy atom. The minimum Gasteiger partial charge on any atom is -0.311 e. The molecule has 0 atom stereocenters. The summed E-state index contributed by atoms with van der Waals surface area (Å²) in [7, 11) is 2.24. The second-order valence-corrected chi connectivity index (χ2v) is 5.24. The van der Waals surface area contributed by atoms with E-state index in [0.717, 1.165) is 12.6 Å². The van der Waals surface area contributed by atoms with Gasteiger partial charge in [0.05, 0.1) is 0 Å². The SMILES string of the molecule is CN(CCNC(C)(C)C)C1CCC1. The molecule has 1 aliphatic carbocycles. The van der Waals surface area contributed by atoms with E-state index in [4.69, 9.17) is 0 Å². The van der Waals surface area contributed by atoms with Gasteiger partial charge in [0.15, 0.2) is 0 Å². The molecule has 0 aliphatic heterocycles. The Hall–Kier alpha value is -0.0800. The van der Waals surface area contributed by atoms with Crippen molar-refractivity contribution >= 4 is 0 Å². The van der Waals surface area contributed by atoms with Gasteiger partial charge in [-0.2, -0.15) is 0 Å². The predicted molar refractivity (Wildman–Crippen MR) is 58.0 cm³/mol. The zero-order chi connectivity index (χ0) is 9.90. The highest BCUT2D eigenvalue weighted by atomic mass is 15.2. The molecule has 0 aromatic carbocycles. The topological polar surface area (TPSA) is 15.3 Å². The molecule has 0 amide bonds. The Bertz CT molecular complexity index is 145. The number of nitrogens with one attached hydrogen (secondary N) is 1. The van der Waals surface area contributed by atoms with Crippen molar-refractivity contribution in [3.05, 3.63) is 0 Å². The molecule has 1 N–H and O–H groups in total. The van der Waals surface area contributed by atoms with E-state index in [0.29, 0.717) is 0 Å². The average Bonchev–Trinajstić information content (AvgIpc) is 1.79. The highest BCUT2D eigenvalue weighted by Crippen LogP contribution is 2.22. The molecular weight excluding hydrogens is 160 g/mol. The maximum absolute atomic E-state index is 3.51. The number of hydrogen-bond acceptors (Lipinski definition) is 2. The second kappa shape index (κ2) is 4.43. The fourth-order valence-corrected chi connectivity index (χ4v) is 1.62. The van der Waals surface area contributed by atoms with Crippen LogP contribution in [0, 0.1) is 0 Å². The highest BCUT2D eigenvalue weighted by Gasteiger charge is 2.21. The Kier molecular flexibility index (Phi) is 3.74. The van der Waals surface area contributed by atoms with Gasteiger partial charge in [-0.25, -0.2) is 0 Å². The molecule has 1 fully saturated rings. The van der Waals surface area contributed by atoms with Crippen LogP contribution >= 0.6 is 0 Å². The van der Waals surface area contributed by atoms with Gasteiger partial charge in [0.25, 0.3) is 0 Å². The van der Waals surface area contributed by atoms with Gasteiger partial charge in [0.2, 0.25) is 0 Å². The molecule has 78 valence electrons. The van der Waals surface area contributed by atoms with Crippen molar-refractivity contribution in [1.29, 1.82) is 0 Å². The Morgan fingerprint density at radius 2 is 1.92 bits per heavy atom. The molecule has 0 aromatic rings. The molecular formula is C11H24N2. The predicted octanol–water partition coefficient (Wildman–Crippen LogP) is 1.86. The van der Waals surface area contributed by atoms with E-state index in [1.54, 1.807) is 0 Å². The van der Waals surface area contributed by atoms with E-state index >= 15 is 0 Å². The number of hydrogen-bond donors (Lipinski definition) is 1. The summed E-state index contributed by atoms with van der Waals surface area (Å²) in [5.74, 6) is 0. The van der Waals surface area contributed by atoms with E-state index in [1.807, 2.05) is 0 Å². The molecule has 0 heterocycles. The van der Waals surface area contributed by atoms with Crippen molar-refractivity contribution in [2.24, 2.45) is 0 Å². The lowest BCUT2D eigenvalue weighted by molar-refractivity contribution is 0.157. The highest BCUT2D eigenvalue weighted by molar-refractivity contribution is 4.79. The van der Waals surface area contributed by atoms with Crippen molar-refractivity contribution in [2.45, 2.75) is 51.6 Å². The summed E-state index contributed by atoms with van der Waals surface area (Å²) in [5, 5.41) is 3.51. The van der Waals surface area contributed by atoms with Crippen LogP contribution in [0.1, 0.15) is 40.0 Å². The van der Waals surface area contributed by atoms with Crippen molar-refractivity contribution in [3.8, 4) is 0 Å². The lowest BCUT2D eigenvalue weighted by Gasteiger charge is -2.35. The van der Waals surface area contributed by atoms with Gasteiger partial charge in [0, 0.05) is 24.7 Å². The van der Waals surface area contributed by atoms with Crippen LogP contribution < -0.4 is 5.32 Å². The summed E-state index contributed by atoms with van der Waals surface area (Å²) >= 11 is 0. The van der Waals surface area contributed by atoms with E-state index in [9.17, 15) is 0 Å². The first-order chi connectivity index (χ1) is 5.99. The minimum absolute atomic E-state index is 0.264. The first-order valence-corrected chi connectivity index (χ1v) is 5.44. The summed E-state index contributed by atoms with van der Waals surface area (Å²) in [4.78, 5) is 2.49. The maximum Gasteiger partial charge on any atom is 0.0107 e. The third-order valence-corrected chi connectivity index (χ3v) is 2.82. The first-order valence-electron chi connectivity index (χ1n) is 5.44. The second-order valence-electron chi connectivity index (χ2n) is 5.24. The summed E-state index contributed by atoms with van der Waals surface area (Å²) < 4.78 is 0. The minimum atomic E-state index is 0.264. The average molecular weight is 184 g/mol. The molecule has 1 saturated carbocycles. The molecule has 2 heteroatoms. The van der Waals surface area contributed by atoms with Gasteiger partial charge in [-0.3, -0.25) is 0 Å². The standard InChI is InChI=1S/C11H24N2/c1-11(2,3)12-8-9-13(4)10-6-5-7-10/h10,12H,5-9H2,1-4H3. The number of likely N-dealkylation sites (N-methyl/N-ethyl adjacent to an activating group) is 1. The molecule has 0 unspecified atom stereocenters. The van der Waals surface area contributed by atoms with Crippen molar-refractivity contribution < 1.29 is 0 Å². The Morgan fingerprint density at radius 1 is 1.31 bits per heavy atom. The molecule has 0 bridgehead atoms. The third-order valence-electron chi connectivity index (χ3n) is 2.82. The van der Waals surface area contributed by atoms with Gasteiger partial charge < -0.3 is 10.2 Å². The van der Waals surface area contributed by atoms with Gasteiger partial charge in [0.1, 0.15) is 0 Å². The molecule has 13 heavy (non-hydrogen) atoms. The molecule has 0 spiro atoms. The number of rotatable bonds is 4. The normalized spacial score (nSPS) is 19.2. The van der Waals surface area contributed by atoms with Crippen LogP contribution in [0.15, 0.2) is 0 Å². The van der Waals surface area contributed by atoms with Crippen LogP contribution in [0.4, 0.5) is 0 Å². The van der Waals surface area contributed by atoms with Crippen LogP contribution in [0.25, 0.3) is 0 Å². The quantitative estimate of drug-likeness (QED) is 0.717. The van der Waals surface area contributed by atoms with Gasteiger partial charge in [-0.15, -0.1) is 0 Å². The van der Waals surface area contributed by atoms with E-state index in [1.165, 1.54) is 25.8 Å². The molecule has 1 aliphatic rings. The van der Waals surface area contributed by atoms with Gasteiger partial charge in [-0.05, 0) is 40.7 Å². The largest absolute Gasteiger partial charge is 0.311 e. The van der Waals surface area contributed by atoms with Gasteiger partial charge in [-0.1, -0.05) is 6.42 Å². The van der Waals surface area contributed by atoms with Crippen LogP contribution in [-0.4, -0.2) is 36.6 Å². The lowest BCUT2D eigenvalue weighted by Crippen LogP contribution is -2.44. The summed E-state index contributed by atoms with van der Waals surface area (Å²) in [6.07, 6.45) is 4.25. The van der Waals surface area contributed by atoms with Crippen LogP contribution in [0.5, 0.6) is 0 Å². The molecule has 0 radical (unpaired) electrons.